The van der Waals surface area contributed by atoms with E-state index in [9.17, 15) is 14.7 Å². The molecule has 0 spiro atoms. The largest absolute Gasteiger partial charge is 0.481 e. The van der Waals surface area contributed by atoms with Gasteiger partial charge in [0.05, 0.1) is 5.41 Å². The van der Waals surface area contributed by atoms with Crippen molar-refractivity contribution in [1.29, 1.82) is 0 Å². The number of aliphatic carboxylic acids is 1. The Labute approximate surface area is 159 Å². The number of carboxylic acids is 1. The number of likely N-dealkylation sites (tertiary alicyclic amines) is 1. The van der Waals surface area contributed by atoms with Crippen molar-refractivity contribution in [3.63, 3.8) is 0 Å². The number of nitrogens with one attached hydrogen (secondary N) is 1. The van der Waals surface area contributed by atoms with Crippen LogP contribution in [0.25, 0.3) is 0 Å². The second-order valence-electron chi connectivity index (χ2n) is 7.74. The molecule has 4 rings (SSSR count). The van der Waals surface area contributed by atoms with Gasteiger partial charge in [0.2, 0.25) is 0 Å². The summed E-state index contributed by atoms with van der Waals surface area (Å²) in [5.74, 6) is -0.536. The molecule has 2 aromatic carbocycles. The van der Waals surface area contributed by atoms with Crippen molar-refractivity contribution in [2.75, 3.05) is 18.4 Å². The zero-order chi connectivity index (χ0) is 18.9. The van der Waals surface area contributed by atoms with Crippen LogP contribution in [0.5, 0.6) is 0 Å². The first-order valence-corrected chi connectivity index (χ1v) is 9.48. The Morgan fingerprint density at radius 1 is 1.15 bits per heavy atom. The van der Waals surface area contributed by atoms with E-state index in [4.69, 9.17) is 0 Å². The molecule has 1 saturated carbocycles. The van der Waals surface area contributed by atoms with Gasteiger partial charge in [-0.15, -0.1) is 0 Å². The fourth-order valence-corrected chi connectivity index (χ4v) is 4.66. The highest BCUT2D eigenvalue weighted by atomic mass is 16.4. The van der Waals surface area contributed by atoms with Crippen molar-refractivity contribution in [2.24, 2.45) is 11.3 Å². The summed E-state index contributed by atoms with van der Waals surface area (Å²) in [6.07, 6.45) is 2.80. The van der Waals surface area contributed by atoms with Crippen LogP contribution < -0.4 is 5.32 Å². The molecule has 1 aliphatic heterocycles. The number of anilines is 1. The van der Waals surface area contributed by atoms with Crippen LogP contribution >= 0.6 is 0 Å². The first-order valence-electron chi connectivity index (χ1n) is 9.48. The molecule has 2 aliphatic rings. The molecule has 2 fully saturated rings. The lowest BCUT2D eigenvalue weighted by molar-refractivity contribution is -0.149. The van der Waals surface area contributed by atoms with Gasteiger partial charge in [-0.1, -0.05) is 36.8 Å². The summed E-state index contributed by atoms with van der Waals surface area (Å²) in [5.41, 5.74) is 1.85. The zero-order valence-electron chi connectivity index (χ0n) is 15.2. The number of carbonyl (C=O) groups excluding carboxylic acids is 1. The van der Waals surface area contributed by atoms with Gasteiger partial charge >= 0.3 is 5.97 Å². The van der Waals surface area contributed by atoms with Gasteiger partial charge in [-0.05, 0) is 48.6 Å². The summed E-state index contributed by atoms with van der Waals surface area (Å²) >= 11 is 0. The van der Waals surface area contributed by atoms with Crippen molar-refractivity contribution < 1.29 is 14.7 Å². The van der Waals surface area contributed by atoms with E-state index in [1.165, 1.54) is 0 Å². The van der Waals surface area contributed by atoms with Crippen LogP contribution in [0.1, 0.15) is 35.2 Å². The van der Waals surface area contributed by atoms with Crippen molar-refractivity contribution in [2.45, 2.75) is 25.8 Å². The molecule has 0 unspecified atom stereocenters. The first kappa shape index (κ1) is 17.7. The molecule has 5 nitrogen and oxygen atoms in total. The predicted octanol–water partition coefficient (Wildman–Crippen LogP) is 3.63. The van der Waals surface area contributed by atoms with Crippen LogP contribution in [-0.2, 0) is 11.3 Å². The fourth-order valence-electron chi connectivity index (χ4n) is 4.66. The molecular formula is C22H24N2O3. The summed E-state index contributed by atoms with van der Waals surface area (Å²) in [4.78, 5) is 26.6. The average Bonchev–Trinajstić information content (AvgIpc) is 3.21. The third-order valence-corrected chi connectivity index (χ3v) is 5.99. The standard InChI is InChI=1S/C22H24N2O3/c25-20(23-19-9-2-1-3-10-19)17-7-4-6-16(12-17)13-24-14-18-8-5-11-22(18,15-24)21(26)27/h1-4,6-7,9-10,12,18H,5,8,11,13-15H2,(H,23,25)(H,26,27)/t18-,22+/m0/s1. The minimum atomic E-state index is -0.650. The van der Waals surface area contributed by atoms with E-state index in [1.54, 1.807) is 6.07 Å². The SMILES string of the molecule is O=C(Nc1ccccc1)c1cccc(CN2C[C@@H]3CCC[C@@]3(C(=O)O)C2)c1. The van der Waals surface area contributed by atoms with E-state index < -0.39 is 11.4 Å². The molecule has 0 aromatic heterocycles. The van der Waals surface area contributed by atoms with Gasteiger partial charge in [-0.3, -0.25) is 14.5 Å². The molecule has 1 aliphatic carbocycles. The maximum atomic E-state index is 12.5. The molecule has 140 valence electrons. The fraction of sp³-hybridized carbons (Fsp3) is 0.364. The quantitative estimate of drug-likeness (QED) is 0.850. The Kier molecular flexibility index (Phi) is 4.70. The molecule has 1 saturated heterocycles. The van der Waals surface area contributed by atoms with Crippen LogP contribution in [0.15, 0.2) is 54.6 Å². The molecule has 5 heteroatoms. The summed E-state index contributed by atoms with van der Waals surface area (Å²) in [6, 6.07) is 17.0. The van der Waals surface area contributed by atoms with Crippen LogP contribution in [0.4, 0.5) is 5.69 Å². The van der Waals surface area contributed by atoms with Gasteiger partial charge < -0.3 is 10.4 Å². The number of hydrogen-bond donors (Lipinski definition) is 2. The zero-order valence-corrected chi connectivity index (χ0v) is 15.2. The van der Waals surface area contributed by atoms with Gasteiger partial charge in [-0.25, -0.2) is 0 Å². The minimum Gasteiger partial charge on any atom is -0.481 e. The van der Waals surface area contributed by atoms with Crippen molar-refractivity contribution in [3.05, 3.63) is 65.7 Å². The summed E-state index contributed by atoms with van der Waals surface area (Å²) in [5, 5.41) is 12.6. The van der Waals surface area contributed by atoms with Gasteiger partial charge in [0.1, 0.15) is 0 Å². The number of fused-ring (bicyclic) bond motifs is 1. The van der Waals surface area contributed by atoms with Crippen LogP contribution in [0.3, 0.4) is 0 Å². The summed E-state index contributed by atoms with van der Waals surface area (Å²) in [7, 11) is 0. The lowest BCUT2D eigenvalue weighted by Gasteiger charge is -2.23. The van der Waals surface area contributed by atoms with Crippen molar-refractivity contribution in [1.82, 2.24) is 4.90 Å². The van der Waals surface area contributed by atoms with Crippen LogP contribution in [0.2, 0.25) is 0 Å². The molecule has 0 bridgehead atoms. The number of nitrogens with zero attached hydrogens (tertiary/aromatic N) is 1. The molecule has 2 aromatic rings. The number of amides is 1. The molecule has 0 radical (unpaired) electrons. The highest BCUT2D eigenvalue weighted by Gasteiger charge is 2.54. The molecule has 1 amide bonds. The lowest BCUT2D eigenvalue weighted by atomic mass is 9.81. The monoisotopic (exact) mass is 364 g/mol. The minimum absolute atomic E-state index is 0.136. The van der Waals surface area contributed by atoms with E-state index in [2.05, 4.69) is 10.2 Å². The van der Waals surface area contributed by atoms with E-state index >= 15 is 0 Å². The molecular weight excluding hydrogens is 340 g/mol. The Bertz CT molecular complexity index is 852. The van der Waals surface area contributed by atoms with E-state index in [0.29, 0.717) is 18.7 Å². The van der Waals surface area contributed by atoms with Crippen molar-refractivity contribution >= 4 is 17.6 Å². The van der Waals surface area contributed by atoms with Gasteiger partial charge in [0.15, 0.2) is 0 Å². The third-order valence-electron chi connectivity index (χ3n) is 5.99. The van der Waals surface area contributed by atoms with E-state index in [0.717, 1.165) is 37.1 Å². The Morgan fingerprint density at radius 2 is 1.96 bits per heavy atom. The predicted molar refractivity (Wildman–Crippen MR) is 104 cm³/mol. The highest BCUT2D eigenvalue weighted by Crippen LogP contribution is 2.49. The number of carboxylic acid groups (broad SMARTS) is 1. The van der Waals surface area contributed by atoms with Crippen LogP contribution in [0, 0.1) is 11.3 Å². The average molecular weight is 364 g/mol. The van der Waals surface area contributed by atoms with Gasteiger partial charge in [-0.2, -0.15) is 0 Å². The Balaban J connectivity index is 1.44. The first-order chi connectivity index (χ1) is 13.1. The summed E-state index contributed by atoms with van der Waals surface area (Å²) in [6.45, 7) is 2.11. The Hall–Kier alpha value is -2.66. The van der Waals surface area contributed by atoms with Gasteiger partial charge in [0, 0.05) is 30.9 Å². The highest BCUT2D eigenvalue weighted by molar-refractivity contribution is 6.04. The van der Waals surface area contributed by atoms with E-state index in [1.807, 2.05) is 48.5 Å². The number of rotatable bonds is 5. The molecule has 2 N–H and O–H groups in total. The maximum absolute atomic E-state index is 12.5. The normalized spacial score (nSPS) is 24.5. The second kappa shape index (κ2) is 7.16. The smallest absolute Gasteiger partial charge is 0.311 e. The molecule has 27 heavy (non-hydrogen) atoms. The van der Waals surface area contributed by atoms with E-state index in [-0.39, 0.29) is 11.8 Å². The number of carbonyl (C=O) groups is 2. The van der Waals surface area contributed by atoms with Crippen LogP contribution in [-0.4, -0.2) is 35.0 Å². The summed E-state index contributed by atoms with van der Waals surface area (Å²) < 4.78 is 0. The molecule has 2 atom stereocenters. The third kappa shape index (κ3) is 3.47. The number of para-hydroxylation sites is 1. The maximum Gasteiger partial charge on any atom is 0.311 e. The number of benzene rings is 2. The van der Waals surface area contributed by atoms with Gasteiger partial charge in [0.25, 0.3) is 5.91 Å². The number of hydrogen-bond acceptors (Lipinski definition) is 3. The topological polar surface area (TPSA) is 69.6 Å². The Morgan fingerprint density at radius 3 is 2.70 bits per heavy atom. The molecule has 1 heterocycles. The second-order valence-corrected chi connectivity index (χ2v) is 7.74. The van der Waals surface area contributed by atoms with Crippen molar-refractivity contribution in [3.8, 4) is 0 Å². The lowest BCUT2D eigenvalue weighted by Crippen LogP contribution is -2.35.